The second kappa shape index (κ2) is 10.4. The number of halogens is 2. The van der Waals surface area contributed by atoms with Crippen LogP contribution in [-0.2, 0) is 6.61 Å². The number of ether oxygens (including phenoxy) is 2. The Morgan fingerprint density at radius 2 is 1.81 bits per heavy atom. The number of nitrogens with zero attached hydrogens (tertiary/aromatic N) is 1. The van der Waals surface area contributed by atoms with Crippen molar-refractivity contribution in [2.24, 2.45) is 0 Å². The van der Waals surface area contributed by atoms with Crippen molar-refractivity contribution in [1.82, 2.24) is 10.2 Å². The molecule has 1 aliphatic rings. The van der Waals surface area contributed by atoms with Crippen LogP contribution in [0.15, 0.2) is 48.5 Å². The van der Waals surface area contributed by atoms with E-state index in [0.717, 1.165) is 37.3 Å². The quantitative estimate of drug-likeness (QED) is 0.795. The maximum absolute atomic E-state index is 13.8. The molecule has 0 spiro atoms. The smallest absolute Gasteiger partial charge is 0.161 e. The van der Waals surface area contributed by atoms with Crippen LogP contribution in [-0.4, -0.2) is 44.9 Å². The SMILES string of the molecule is COc1ccc([C@@H](CF)N2CCNCC2)cc1OCc1ccccc1.Cl. The standard InChI is InChI=1S/C20H25FN2O2.ClH/c1-24-19-8-7-17(18(14-21)23-11-9-22-10-12-23)13-20(19)25-15-16-5-3-2-4-6-16;/h2-8,13,18,22H,9-12,14-15H2,1H3;1H/t18-;/m1./s1. The van der Waals surface area contributed by atoms with Gasteiger partial charge in [0, 0.05) is 26.2 Å². The minimum absolute atomic E-state index is 0. The van der Waals surface area contributed by atoms with E-state index >= 15 is 0 Å². The Bertz CT molecular complexity index is 666. The molecule has 2 aromatic carbocycles. The zero-order valence-electron chi connectivity index (χ0n) is 15.0. The van der Waals surface area contributed by atoms with Gasteiger partial charge in [0.05, 0.1) is 13.2 Å². The van der Waals surface area contributed by atoms with Crippen molar-refractivity contribution >= 4 is 12.4 Å². The number of rotatable bonds is 7. The Labute approximate surface area is 160 Å². The van der Waals surface area contributed by atoms with Gasteiger partial charge < -0.3 is 14.8 Å². The zero-order chi connectivity index (χ0) is 17.5. The van der Waals surface area contributed by atoms with E-state index in [1.807, 2.05) is 48.5 Å². The van der Waals surface area contributed by atoms with E-state index < -0.39 is 6.67 Å². The highest BCUT2D eigenvalue weighted by Crippen LogP contribution is 2.33. The van der Waals surface area contributed by atoms with Crippen molar-refractivity contribution in [2.45, 2.75) is 12.6 Å². The molecule has 1 aliphatic heterocycles. The third-order valence-electron chi connectivity index (χ3n) is 4.55. The van der Waals surface area contributed by atoms with Gasteiger partial charge in [0.1, 0.15) is 13.3 Å². The summed E-state index contributed by atoms with van der Waals surface area (Å²) < 4.78 is 25.1. The molecule has 0 unspecified atom stereocenters. The summed E-state index contributed by atoms with van der Waals surface area (Å²) in [5.74, 6) is 1.31. The van der Waals surface area contributed by atoms with Gasteiger partial charge >= 0.3 is 0 Å². The zero-order valence-corrected chi connectivity index (χ0v) is 15.8. The molecule has 0 aromatic heterocycles. The summed E-state index contributed by atoms with van der Waals surface area (Å²) in [7, 11) is 1.62. The second-order valence-corrected chi connectivity index (χ2v) is 6.14. The highest BCUT2D eigenvalue weighted by molar-refractivity contribution is 5.85. The lowest BCUT2D eigenvalue weighted by molar-refractivity contribution is 0.147. The molecule has 1 saturated heterocycles. The predicted molar refractivity (Wildman–Crippen MR) is 104 cm³/mol. The molecule has 26 heavy (non-hydrogen) atoms. The monoisotopic (exact) mass is 380 g/mol. The van der Waals surface area contributed by atoms with Crippen LogP contribution in [0.2, 0.25) is 0 Å². The Kier molecular flexibility index (Phi) is 8.16. The lowest BCUT2D eigenvalue weighted by Crippen LogP contribution is -2.45. The van der Waals surface area contributed by atoms with Crippen molar-refractivity contribution in [3.63, 3.8) is 0 Å². The highest BCUT2D eigenvalue weighted by Gasteiger charge is 2.23. The lowest BCUT2D eigenvalue weighted by Gasteiger charge is -2.33. The van der Waals surface area contributed by atoms with E-state index in [0.29, 0.717) is 18.1 Å². The van der Waals surface area contributed by atoms with Gasteiger partial charge in [-0.15, -0.1) is 12.4 Å². The second-order valence-electron chi connectivity index (χ2n) is 6.14. The van der Waals surface area contributed by atoms with Gasteiger partial charge in [-0.3, -0.25) is 4.90 Å². The van der Waals surface area contributed by atoms with Crippen LogP contribution >= 0.6 is 12.4 Å². The molecule has 142 valence electrons. The van der Waals surface area contributed by atoms with E-state index in [1.165, 1.54) is 0 Å². The first-order valence-electron chi connectivity index (χ1n) is 8.67. The number of benzene rings is 2. The fraction of sp³-hybridized carbons (Fsp3) is 0.400. The van der Waals surface area contributed by atoms with Crippen LogP contribution in [0, 0.1) is 0 Å². The third-order valence-corrected chi connectivity index (χ3v) is 4.55. The molecule has 4 nitrogen and oxygen atoms in total. The molecular weight excluding hydrogens is 355 g/mol. The van der Waals surface area contributed by atoms with Crippen LogP contribution in [0.1, 0.15) is 17.2 Å². The fourth-order valence-electron chi connectivity index (χ4n) is 3.14. The van der Waals surface area contributed by atoms with Crippen molar-refractivity contribution in [2.75, 3.05) is 40.0 Å². The third kappa shape index (κ3) is 5.10. The Balaban J connectivity index is 0.00000243. The summed E-state index contributed by atoms with van der Waals surface area (Å²) >= 11 is 0. The van der Waals surface area contributed by atoms with Gasteiger partial charge in [-0.1, -0.05) is 36.4 Å². The summed E-state index contributed by atoms with van der Waals surface area (Å²) in [4.78, 5) is 2.18. The number of hydrogen-bond acceptors (Lipinski definition) is 4. The van der Waals surface area contributed by atoms with Crippen LogP contribution in [0.4, 0.5) is 4.39 Å². The minimum Gasteiger partial charge on any atom is -0.493 e. The number of nitrogens with one attached hydrogen (secondary N) is 1. The molecule has 0 saturated carbocycles. The summed E-state index contributed by atoms with van der Waals surface area (Å²) in [6.07, 6.45) is 0. The predicted octanol–water partition coefficient (Wildman–Crippen LogP) is 3.61. The van der Waals surface area contributed by atoms with E-state index in [1.54, 1.807) is 7.11 Å². The van der Waals surface area contributed by atoms with E-state index in [-0.39, 0.29) is 18.4 Å². The Morgan fingerprint density at radius 3 is 2.46 bits per heavy atom. The van der Waals surface area contributed by atoms with Gasteiger partial charge in [0.25, 0.3) is 0 Å². The minimum atomic E-state index is -0.412. The van der Waals surface area contributed by atoms with Crippen molar-refractivity contribution < 1.29 is 13.9 Å². The molecule has 1 N–H and O–H groups in total. The van der Waals surface area contributed by atoms with Crippen LogP contribution < -0.4 is 14.8 Å². The van der Waals surface area contributed by atoms with E-state index in [2.05, 4.69) is 10.2 Å². The van der Waals surface area contributed by atoms with Crippen molar-refractivity contribution in [1.29, 1.82) is 0 Å². The topological polar surface area (TPSA) is 33.7 Å². The number of alkyl halides is 1. The van der Waals surface area contributed by atoms with Crippen LogP contribution in [0.25, 0.3) is 0 Å². The lowest BCUT2D eigenvalue weighted by atomic mass is 10.0. The van der Waals surface area contributed by atoms with Crippen LogP contribution in [0.3, 0.4) is 0 Å². The molecular formula is C20H26ClFN2O2. The number of piperazine rings is 1. The van der Waals surface area contributed by atoms with Crippen LogP contribution in [0.5, 0.6) is 11.5 Å². The van der Waals surface area contributed by atoms with Gasteiger partial charge in [0.2, 0.25) is 0 Å². The summed E-state index contributed by atoms with van der Waals surface area (Å²) in [6.45, 7) is 3.52. The molecule has 0 amide bonds. The van der Waals surface area contributed by atoms with Gasteiger partial charge in [0.15, 0.2) is 11.5 Å². The molecule has 6 heteroatoms. The first-order valence-corrected chi connectivity index (χ1v) is 8.67. The first-order chi connectivity index (χ1) is 12.3. The molecule has 1 heterocycles. The van der Waals surface area contributed by atoms with Gasteiger partial charge in [-0.25, -0.2) is 4.39 Å². The fourth-order valence-corrected chi connectivity index (χ4v) is 3.14. The number of hydrogen-bond donors (Lipinski definition) is 1. The number of methoxy groups -OCH3 is 1. The average molecular weight is 381 g/mol. The van der Waals surface area contributed by atoms with Crippen molar-refractivity contribution in [3.05, 3.63) is 59.7 Å². The molecule has 2 aromatic rings. The molecule has 1 atom stereocenters. The summed E-state index contributed by atoms with van der Waals surface area (Å²) in [6, 6.07) is 15.4. The Hall–Kier alpha value is -1.82. The van der Waals surface area contributed by atoms with E-state index in [4.69, 9.17) is 9.47 Å². The molecule has 1 fully saturated rings. The van der Waals surface area contributed by atoms with Gasteiger partial charge in [-0.2, -0.15) is 0 Å². The highest BCUT2D eigenvalue weighted by atomic mass is 35.5. The maximum atomic E-state index is 13.8. The molecule has 0 bridgehead atoms. The largest absolute Gasteiger partial charge is 0.493 e. The first kappa shape index (κ1) is 20.5. The van der Waals surface area contributed by atoms with Gasteiger partial charge in [-0.05, 0) is 23.3 Å². The molecule has 0 radical (unpaired) electrons. The Morgan fingerprint density at radius 1 is 1.08 bits per heavy atom. The summed E-state index contributed by atoms with van der Waals surface area (Å²) in [5, 5.41) is 3.30. The normalized spacial score (nSPS) is 15.8. The average Bonchev–Trinajstić information content (AvgIpc) is 2.69. The summed E-state index contributed by atoms with van der Waals surface area (Å²) in [5.41, 5.74) is 2.01. The molecule has 0 aliphatic carbocycles. The van der Waals surface area contributed by atoms with E-state index in [9.17, 15) is 4.39 Å². The molecule has 3 rings (SSSR count). The van der Waals surface area contributed by atoms with Crippen molar-refractivity contribution in [3.8, 4) is 11.5 Å². The maximum Gasteiger partial charge on any atom is 0.161 e.